The van der Waals surface area contributed by atoms with Crippen LogP contribution >= 0.6 is 0 Å². The third-order valence-corrected chi connectivity index (χ3v) is 5.48. The van der Waals surface area contributed by atoms with E-state index < -0.39 is 10.0 Å². The molecule has 0 fully saturated rings. The van der Waals surface area contributed by atoms with E-state index in [9.17, 15) is 13.2 Å². The summed E-state index contributed by atoms with van der Waals surface area (Å²) in [6.45, 7) is 4.15. The lowest BCUT2D eigenvalue weighted by molar-refractivity contribution is -0.123. The molecule has 0 aliphatic carbocycles. The van der Waals surface area contributed by atoms with Gasteiger partial charge in [0.15, 0.2) is 6.61 Å². The maximum absolute atomic E-state index is 12.1. The van der Waals surface area contributed by atoms with Crippen molar-refractivity contribution in [1.29, 1.82) is 0 Å². The van der Waals surface area contributed by atoms with Crippen LogP contribution in [0.25, 0.3) is 0 Å². The van der Waals surface area contributed by atoms with Crippen molar-refractivity contribution in [3.05, 3.63) is 65.2 Å². The zero-order valence-electron chi connectivity index (χ0n) is 16.1. The van der Waals surface area contributed by atoms with Gasteiger partial charge in [-0.15, -0.1) is 0 Å². The van der Waals surface area contributed by atoms with E-state index in [1.165, 1.54) is 23.2 Å². The number of rotatable bonds is 8. The molecule has 2 rings (SSSR count). The number of aryl methyl sites for hydroxylation is 1. The maximum atomic E-state index is 12.1. The first-order chi connectivity index (χ1) is 12.6. The Morgan fingerprint density at radius 1 is 1.11 bits per heavy atom. The highest BCUT2D eigenvalue weighted by molar-refractivity contribution is 7.88. The van der Waals surface area contributed by atoms with Gasteiger partial charge >= 0.3 is 0 Å². The lowest BCUT2D eigenvalue weighted by atomic mass is 10.1. The molecule has 2 aromatic rings. The lowest BCUT2D eigenvalue weighted by Crippen LogP contribution is -2.31. The topological polar surface area (TPSA) is 75.7 Å². The number of benzene rings is 2. The molecule has 6 nitrogen and oxygen atoms in total. The van der Waals surface area contributed by atoms with E-state index in [0.717, 1.165) is 11.1 Å². The largest absolute Gasteiger partial charge is 0.484 e. The zero-order valence-corrected chi connectivity index (χ0v) is 16.9. The number of sulfonamides is 1. The zero-order chi connectivity index (χ0) is 20.0. The summed E-state index contributed by atoms with van der Waals surface area (Å²) in [6.07, 6.45) is 1.17. The molecule has 0 aliphatic heterocycles. The summed E-state index contributed by atoms with van der Waals surface area (Å²) in [5.74, 6) is 0.350. The fraction of sp³-hybridized carbons (Fsp3) is 0.350. The van der Waals surface area contributed by atoms with Crippen molar-refractivity contribution < 1.29 is 17.9 Å². The van der Waals surface area contributed by atoms with Crippen LogP contribution in [-0.4, -0.2) is 38.5 Å². The fourth-order valence-electron chi connectivity index (χ4n) is 2.44. The molecule has 27 heavy (non-hydrogen) atoms. The molecule has 0 saturated carbocycles. The second-order valence-electron chi connectivity index (χ2n) is 6.65. The third kappa shape index (κ3) is 6.69. The summed E-state index contributed by atoms with van der Waals surface area (Å²) in [5.41, 5.74) is 3.05. The van der Waals surface area contributed by atoms with E-state index in [4.69, 9.17) is 4.74 Å². The Hall–Kier alpha value is -2.38. The summed E-state index contributed by atoms with van der Waals surface area (Å²) in [4.78, 5) is 12.1. The number of nitrogens with one attached hydrogen (secondary N) is 1. The second-order valence-corrected chi connectivity index (χ2v) is 8.74. The molecule has 7 heteroatoms. The molecule has 1 N–H and O–H groups in total. The van der Waals surface area contributed by atoms with Gasteiger partial charge in [-0.1, -0.05) is 42.0 Å². The normalized spacial score (nSPS) is 12.6. The molecule has 0 aliphatic rings. The molecule has 1 atom stereocenters. The molecular weight excluding hydrogens is 364 g/mol. The summed E-state index contributed by atoms with van der Waals surface area (Å²) in [5, 5.41) is 2.90. The molecule has 1 amide bonds. The van der Waals surface area contributed by atoms with E-state index in [1.54, 1.807) is 24.3 Å². The number of carbonyl (C=O) groups is 1. The van der Waals surface area contributed by atoms with Gasteiger partial charge in [-0.05, 0) is 37.1 Å². The van der Waals surface area contributed by atoms with Crippen LogP contribution in [0.4, 0.5) is 0 Å². The average molecular weight is 391 g/mol. The van der Waals surface area contributed by atoms with Crippen molar-refractivity contribution in [3.8, 4) is 5.75 Å². The number of carbonyl (C=O) groups excluding carboxylic acids is 1. The number of hydrogen-bond donors (Lipinski definition) is 1. The highest BCUT2D eigenvalue weighted by Crippen LogP contribution is 2.15. The Bertz CT molecular complexity index is 862. The summed E-state index contributed by atoms with van der Waals surface area (Å²) in [6, 6.07) is 14.9. The van der Waals surface area contributed by atoms with Gasteiger partial charge in [0.2, 0.25) is 10.0 Å². The highest BCUT2D eigenvalue weighted by Gasteiger charge is 2.12. The average Bonchev–Trinajstić information content (AvgIpc) is 2.61. The van der Waals surface area contributed by atoms with Crippen LogP contribution in [0.15, 0.2) is 48.5 Å². The van der Waals surface area contributed by atoms with Crippen LogP contribution in [0.3, 0.4) is 0 Å². The van der Waals surface area contributed by atoms with Gasteiger partial charge in [0, 0.05) is 13.6 Å². The van der Waals surface area contributed by atoms with Crippen molar-refractivity contribution in [3.63, 3.8) is 0 Å². The predicted molar refractivity (Wildman–Crippen MR) is 106 cm³/mol. The summed E-state index contributed by atoms with van der Waals surface area (Å²) < 4.78 is 29.7. The van der Waals surface area contributed by atoms with Crippen LogP contribution in [0.5, 0.6) is 5.75 Å². The number of ether oxygens (including phenoxy) is 1. The summed E-state index contributed by atoms with van der Waals surface area (Å²) in [7, 11) is -1.69. The fourth-order valence-corrected chi connectivity index (χ4v) is 2.82. The van der Waals surface area contributed by atoms with E-state index in [2.05, 4.69) is 5.32 Å². The number of nitrogens with zero attached hydrogens (tertiary/aromatic N) is 1. The first kappa shape index (κ1) is 20.9. The van der Waals surface area contributed by atoms with Gasteiger partial charge < -0.3 is 10.1 Å². The molecule has 0 unspecified atom stereocenters. The van der Waals surface area contributed by atoms with Crippen molar-refractivity contribution in [2.24, 2.45) is 0 Å². The standard InChI is InChI=1S/C20H26N2O4S/c1-15-5-9-18(10-6-15)16(2)21-20(23)14-26-19-11-7-17(8-12-19)13-22(3)27(4,24)25/h5-12,16H,13-14H2,1-4H3,(H,21,23)/t16-/m1/s1. The lowest BCUT2D eigenvalue weighted by Gasteiger charge is -2.16. The quantitative estimate of drug-likeness (QED) is 0.752. The van der Waals surface area contributed by atoms with E-state index >= 15 is 0 Å². The molecule has 0 aromatic heterocycles. The van der Waals surface area contributed by atoms with Crippen molar-refractivity contribution in [1.82, 2.24) is 9.62 Å². The minimum absolute atomic E-state index is 0.0845. The Kier molecular flexibility index (Phi) is 6.98. The van der Waals surface area contributed by atoms with Gasteiger partial charge in [0.1, 0.15) is 5.75 Å². The van der Waals surface area contributed by atoms with Crippen molar-refractivity contribution in [2.75, 3.05) is 19.9 Å². The Morgan fingerprint density at radius 3 is 2.26 bits per heavy atom. The van der Waals surface area contributed by atoms with Crippen LogP contribution in [0.2, 0.25) is 0 Å². The van der Waals surface area contributed by atoms with Gasteiger partial charge in [-0.25, -0.2) is 12.7 Å². The van der Waals surface area contributed by atoms with Crippen LogP contribution in [0.1, 0.15) is 29.7 Å². The number of hydrogen-bond acceptors (Lipinski definition) is 4. The van der Waals surface area contributed by atoms with Crippen LogP contribution in [0, 0.1) is 6.92 Å². The third-order valence-electron chi connectivity index (χ3n) is 4.22. The summed E-state index contributed by atoms with van der Waals surface area (Å²) >= 11 is 0. The van der Waals surface area contributed by atoms with E-state index in [1.807, 2.05) is 38.1 Å². The Balaban J connectivity index is 1.83. The first-order valence-corrected chi connectivity index (χ1v) is 10.5. The second kappa shape index (κ2) is 9.01. The SMILES string of the molecule is Cc1ccc([C@@H](C)NC(=O)COc2ccc(CN(C)S(C)(=O)=O)cc2)cc1. The van der Waals surface area contributed by atoms with Gasteiger partial charge in [-0.3, -0.25) is 4.79 Å². The van der Waals surface area contributed by atoms with Crippen molar-refractivity contribution in [2.45, 2.75) is 26.4 Å². The number of amides is 1. The smallest absolute Gasteiger partial charge is 0.258 e. The van der Waals surface area contributed by atoms with E-state index in [-0.39, 0.29) is 25.1 Å². The molecule has 0 saturated heterocycles. The molecule has 0 bridgehead atoms. The van der Waals surface area contributed by atoms with Crippen LogP contribution in [-0.2, 0) is 21.4 Å². The molecule has 0 spiro atoms. The maximum Gasteiger partial charge on any atom is 0.258 e. The monoisotopic (exact) mass is 390 g/mol. The minimum Gasteiger partial charge on any atom is -0.484 e. The minimum atomic E-state index is -3.22. The Morgan fingerprint density at radius 2 is 1.70 bits per heavy atom. The molecule has 146 valence electrons. The van der Waals surface area contributed by atoms with Gasteiger partial charge in [-0.2, -0.15) is 0 Å². The molecular formula is C20H26N2O4S. The highest BCUT2D eigenvalue weighted by atomic mass is 32.2. The van der Waals surface area contributed by atoms with Gasteiger partial charge in [0.05, 0.1) is 12.3 Å². The predicted octanol–water partition coefficient (Wildman–Crippen LogP) is 2.64. The van der Waals surface area contributed by atoms with Crippen LogP contribution < -0.4 is 10.1 Å². The van der Waals surface area contributed by atoms with Gasteiger partial charge in [0.25, 0.3) is 5.91 Å². The first-order valence-electron chi connectivity index (χ1n) is 8.64. The molecule has 2 aromatic carbocycles. The van der Waals surface area contributed by atoms with E-state index in [0.29, 0.717) is 5.75 Å². The Labute approximate surface area is 161 Å². The molecule has 0 heterocycles. The molecule has 0 radical (unpaired) electrons. The van der Waals surface area contributed by atoms with Crippen molar-refractivity contribution >= 4 is 15.9 Å².